The number of pyridine rings is 1. The number of aromatic nitrogens is 1. The lowest BCUT2D eigenvalue weighted by atomic mass is 10.1. The number of hydrogen-bond donors (Lipinski definition) is 2. The summed E-state index contributed by atoms with van der Waals surface area (Å²) in [4.78, 5) is 4.55. The van der Waals surface area contributed by atoms with Crippen LogP contribution in [0.2, 0.25) is 0 Å². The summed E-state index contributed by atoms with van der Waals surface area (Å²) in [5, 5.41) is 13.7. The zero-order valence-electron chi connectivity index (χ0n) is 12.5. The van der Waals surface area contributed by atoms with Crippen LogP contribution in [0.15, 0.2) is 30.3 Å². The average Bonchev–Trinajstić information content (AvgIpc) is 2.52. The summed E-state index contributed by atoms with van der Waals surface area (Å²) in [5.74, 6) is 1.64. The molecule has 0 aliphatic heterocycles. The van der Waals surface area contributed by atoms with E-state index in [4.69, 9.17) is 9.84 Å². The van der Waals surface area contributed by atoms with Crippen LogP contribution in [0.25, 0.3) is 10.9 Å². The minimum absolute atomic E-state index is 0.200. The molecule has 0 bridgehead atoms. The third kappa shape index (κ3) is 4.33. The van der Waals surface area contributed by atoms with E-state index < -0.39 is 0 Å². The fraction of sp³-hybridized carbons (Fsp3) is 0.438. The van der Waals surface area contributed by atoms with Crippen LogP contribution in [0, 0.1) is 0 Å². The molecule has 2 aromatic rings. The highest BCUT2D eigenvalue weighted by Crippen LogP contribution is 2.22. The number of aliphatic hydroxyl groups excluding tert-OH is 1. The summed E-state index contributed by atoms with van der Waals surface area (Å²) < 4.78 is 5.40. The molecule has 0 fully saturated rings. The maximum Gasteiger partial charge on any atom is 0.218 e. The molecule has 4 nitrogen and oxygen atoms in total. The maximum absolute atomic E-state index is 9.12. The van der Waals surface area contributed by atoms with Gasteiger partial charge in [0.05, 0.1) is 12.6 Å². The molecule has 1 heterocycles. The Labute approximate surface area is 129 Å². The third-order valence-electron chi connectivity index (χ3n) is 3.38. The molecule has 1 aromatic heterocycles. The molecule has 2 rings (SSSR count). The van der Waals surface area contributed by atoms with Gasteiger partial charge in [0.1, 0.15) is 0 Å². The topological polar surface area (TPSA) is 54.4 Å². The molecule has 1 aromatic carbocycles. The van der Waals surface area contributed by atoms with Crippen LogP contribution in [-0.4, -0.2) is 41.9 Å². The van der Waals surface area contributed by atoms with Crippen LogP contribution in [0.1, 0.15) is 12.0 Å². The number of para-hydroxylation sites is 1. The number of fused-ring (bicyclic) bond motifs is 1. The second-order valence-electron chi connectivity index (χ2n) is 4.89. The van der Waals surface area contributed by atoms with Crippen LogP contribution in [0.5, 0.6) is 5.88 Å². The number of nitrogens with one attached hydrogen (secondary N) is 1. The Hall–Kier alpha value is -1.30. The number of nitrogens with zero attached hydrogens (tertiary/aromatic N) is 1. The summed E-state index contributed by atoms with van der Waals surface area (Å²) in [7, 11) is 1.65. The fourth-order valence-electron chi connectivity index (χ4n) is 2.30. The van der Waals surface area contributed by atoms with Crippen LogP contribution in [0.4, 0.5) is 0 Å². The first-order valence-electron chi connectivity index (χ1n) is 7.04. The average molecular weight is 306 g/mol. The van der Waals surface area contributed by atoms with Gasteiger partial charge in [-0.1, -0.05) is 18.2 Å². The highest BCUT2D eigenvalue weighted by molar-refractivity contribution is 7.98. The van der Waals surface area contributed by atoms with Crippen molar-refractivity contribution in [3.05, 3.63) is 35.9 Å². The van der Waals surface area contributed by atoms with Crippen LogP contribution < -0.4 is 10.1 Å². The van der Waals surface area contributed by atoms with Crippen molar-refractivity contribution in [1.29, 1.82) is 0 Å². The largest absolute Gasteiger partial charge is 0.481 e. The van der Waals surface area contributed by atoms with Crippen molar-refractivity contribution in [1.82, 2.24) is 10.3 Å². The van der Waals surface area contributed by atoms with Gasteiger partial charge in [-0.05, 0) is 24.8 Å². The molecule has 5 heteroatoms. The quantitative estimate of drug-likeness (QED) is 0.784. The van der Waals surface area contributed by atoms with E-state index in [1.165, 1.54) is 0 Å². The fourth-order valence-corrected chi connectivity index (χ4v) is 2.99. The van der Waals surface area contributed by atoms with Gasteiger partial charge in [0.25, 0.3) is 0 Å². The predicted octanol–water partition coefficient (Wildman–Crippen LogP) is 2.45. The Morgan fingerprint density at radius 2 is 2.19 bits per heavy atom. The predicted molar refractivity (Wildman–Crippen MR) is 89.0 cm³/mol. The molecule has 2 N–H and O–H groups in total. The molecule has 0 saturated heterocycles. The maximum atomic E-state index is 9.12. The van der Waals surface area contributed by atoms with Gasteiger partial charge in [-0.3, -0.25) is 0 Å². The van der Waals surface area contributed by atoms with Crippen molar-refractivity contribution in [2.24, 2.45) is 0 Å². The Morgan fingerprint density at radius 1 is 1.38 bits per heavy atom. The summed E-state index contributed by atoms with van der Waals surface area (Å²) >= 11 is 1.78. The molecule has 0 saturated carbocycles. The molecule has 21 heavy (non-hydrogen) atoms. The van der Waals surface area contributed by atoms with E-state index in [1.54, 1.807) is 18.9 Å². The molecular formula is C16H22N2O2S. The van der Waals surface area contributed by atoms with Gasteiger partial charge >= 0.3 is 0 Å². The third-order valence-corrected chi connectivity index (χ3v) is 4.12. The van der Waals surface area contributed by atoms with E-state index in [1.807, 2.05) is 18.2 Å². The second kappa shape index (κ2) is 8.22. The standard InChI is InChI=1S/C16H22N2O2S/c1-20-16-13(10-17-14(7-8-19)11-21-2)9-12-5-3-4-6-15(12)18-16/h3-6,9,14,17,19H,7-8,10-11H2,1-2H3. The van der Waals surface area contributed by atoms with Gasteiger partial charge in [-0.2, -0.15) is 11.8 Å². The van der Waals surface area contributed by atoms with Crippen molar-refractivity contribution in [2.45, 2.75) is 19.0 Å². The van der Waals surface area contributed by atoms with Gasteiger partial charge in [0.2, 0.25) is 5.88 Å². The Kier molecular flexibility index (Phi) is 6.29. The summed E-state index contributed by atoms with van der Waals surface area (Å²) in [6, 6.07) is 10.4. The number of benzene rings is 1. The van der Waals surface area contributed by atoms with Gasteiger partial charge in [-0.25, -0.2) is 4.98 Å². The number of hydrogen-bond acceptors (Lipinski definition) is 5. The zero-order valence-corrected chi connectivity index (χ0v) is 13.3. The Bertz CT molecular complexity index is 571. The van der Waals surface area contributed by atoms with Crippen molar-refractivity contribution in [3.63, 3.8) is 0 Å². The number of thioether (sulfide) groups is 1. The second-order valence-corrected chi connectivity index (χ2v) is 5.81. The number of aliphatic hydroxyl groups is 1. The first-order chi connectivity index (χ1) is 10.3. The van der Waals surface area contributed by atoms with Gasteiger partial charge in [-0.15, -0.1) is 0 Å². The molecule has 0 radical (unpaired) electrons. The minimum atomic E-state index is 0.200. The summed E-state index contributed by atoms with van der Waals surface area (Å²) in [5.41, 5.74) is 1.98. The lowest BCUT2D eigenvalue weighted by molar-refractivity contribution is 0.269. The highest BCUT2D eigenvalue weighted by atomic mass is 32.2. The van der Waals surface area contributed by atoms with E-state index in [0.717, 1.165) is 28.6 Å². The van der Waals surface area contributed by atoms with Crippen LogP contribution >= 0.6 is 11.8 Å². The lowest BCUT2D eigenvalue weighted by Gasteiger charge is -2.17. The number of ether oxygens (including phenoxy) is 1. The molecule has 1 unspecified atom stereocenters. The molecule has 0 aliphatic carbocycles. The molecule has 0 spiro atoms. The van der Waals surface area contributed by atoms with Crippen molar-refractivity contribution in [3.8, 4) is 5.88 Å². The van der Waals surface area contributed by atoms with Gasteiger partial charge < -0.3 is 15.2 Å². The van der Waals surface area contributed by atoms with E-state index in [2.05, 4.69) is 28.7 Å². The van der Waals surface area contributed by atoms with E-state index in [9.17, 15) is 0 Å². The normalized spacial score (nSPS) is 12.5. The highest BCUT2D eigenvalue weighted by Gasteiger charge is 2.11. The minimum Gasteiger partial charge on any atom is -0.481 e. The zero-order chi connectivity index (χ0) is 15.1. The lowest BCUT2D eigenvalue weighted by Crippen LogP contribution is -2.32. The summed E-state index contributed by atoms with van der Waals surface area (Å²) in [6.45, 7) is 0.886. The Balaban J connectivity index is 2.16. The van der Waals surface area contributed by atoms with E-state index >= 15 is 0 Å². The smallest absolute Gasteiger partial charge is 0.218 e. The monoisotopic (exact) mass is 306 g/mol. The van der Waals surface area contributed by atoms with E-state index in [0.29, 0.717) is 18.5 Å². The van der Waals surface area contributed by atoms with Crippen molar-refractivity contribution >= 4 is 22.7 Å². The molecular weight excluding hydrogens is 284 g/mol. The molecule has 0 aliphatic rings. The molecule has 1 atom stereocenters. The first kappa shape index (κ1) is 16.1. The van der Waals surface area contributed by atoms with Crippen LogP contribution in [-0.2, 0) is 6.54 Å². The van der Waals surface area contributed by atoms with Crippen molar-refractivity contribution in [2.75, 3.05) is 25.7 Å². The number of methoxy groups -OCH3 is 1. The Morgan fingerprint density at radius 3 is 2.90 bits per heavy atom. The van der Waals surface area contributed by atoms with E-state index in [-0.39, 0.29) is 6.61 Å². The van der Waals surface area contributed by atoms with Crippen LogP contribution in [0.3, 0.4) is 0 Å². The number of rotatable bonds is 8. The van der Waals surface area contributed by atoms with Crippen molar-refractivity contribution < 1.29 is 9.84 Å². The molecule has 0 amide bonds. The first-order valence-corrected chi connectivity index (χ1v) is 8.43. The van der Waals surface area contributed by atoms with Gasteiger partial charge in [0, 0.05) is 35.9 Å². The SMILES string of the molecule is COc1nc2ccccc2cc1CNC(CCO)CSC. The van der Waals surface area contributed by atoms with Gasteiger partial charge in [0.15, 0.2) is 0 Å². The molecule has 114 valence electrons. The summed E-state index contributed by atoms with van der Waals surface area (Å²) in [6.07, 6.45) is 2.83.